The third-order valence-electron chi connectivity index (χ3n) is 1.99. The van der Waals surface area contributed by atoms with E-state index in [1.165, 1.54) is 11.3 Å². The van der Waals surface area contributed by atoms with Crippen LogP contribution in [-0.4, -0.2) is 9.78 Å². The van der Waals surface area contributed by atoms with E-state index in [1.54, 1.807) is 0 Å². The number of rotatable bonds is 3. The Bertz CT molecular complexity index is 291. The first-order chi connectivity index (χ1) is 5.83. The normalized spacial score (nSPS) is 9.75. The van der Waals surface area contributed by atoms with E-state index in [0.717, 1.165) is 12.8 Å². The summed E-state index contributed by atoms with van der Waals surface area (Å²) in [4.78, 5) is 0. The summed E-state index contributed by atoms with van der Waals surface area (Å²) in [5.41, 5.74) is 2.59. The van der Waals surface area contributed by atoms with E-state index in [4.69, 9.17) is 6.42 Å². The highest BCUT2D eigenvalue weighted by atomic mass is 15.3. The third-order valence-corrected chi connectivity index (χ3v) is 1.99. The highest BCUT2D eigenvalue weighted by molar-refractivity contribution is 5.18. The predicted molar refractivity (Wildman–Crippen MR) is 49.8 cm³/mol. The molecule has 0 aliphatic carbocycles. The molecule has 1 aromatic heterocycles. The molecule has 0 saturated carbocycles. The number of terminal acetylenes is 1. The zero-order valence-electron chi connectivity index (χ0n) is 7.67. The summed E-state index contributed by atoms with van der Waals surface area (Å²) >= 11 is 0. The Labute approximate surface area is 73.6 Å². The van der Waals surface area contributed by atoms with Gasteiger partial charge in [0.25, 0.3) is 0 Å². The molecular formula is C10H14N2. The van der Waals surface area contributed by atoms with Gasteiger partial charge in [-0.1, -0.05) is 19.8 Å². The fourth-order valence-electron chi connectivity index (χ4n) is 1.38. The molecule has 0 N–H and O–H groups in total. The van der Waals surface area contributed by atoms with Crippen LogP contribution in [0.1, 0.15) is 25.1 Å². The Morgan fingerprint density at radius 1 is 1.50 bits per heavy atom. The third kappa shape index (κ3) is 1.50. The first kappa shape index (κ1) is 8.86. The lowest BCUT2D eigenvalue weighted by molar-refractivity contribution is 0.671. The molecule has 1 heterocycles. The van der Waals surface area contributed by atoms with Crippen LogP contribution in [0.25, 0.3) is 0 Å². The van der Waals surface area contributed by atoms with E-state index in [1.807, 2.05) is 10.9 Å². The van der Waals surface area contributed by atoms with Crippen molar-refractivity contribution in [3.8, 4) is 12.3 Å². The minimum absolute atomic E-state index is 0.586. The van der Waals surface area contributed by atoms with Gasteiger partial charge in [0.1, 0.15) is 6.54 Å². The van der Waals surface area contributed by atoms with Crippen LogP contribution in [0.4, 0.5) is 0 Å². The molecule has 0 amide bonds. The molecule has 0 unspecified atom stereocenters. The highest BCUT2D eigenvalue weighted by Gasteiger charge is 2.05. The second kappa shape index (κ2) is 3.96. The molecule has 0 bridgehead atoms. The second-order valence-electron chi connectivity index (χ2n) is 2.69. The fourth-order valence-corrected chi connectivity index (χ4v) is 1.38. The molecule has 1 aromatic rings. The van der Waals surface area contributed by atoms with E-state index in [0.29, 0.717) is 6.54 Å². The monoisotopic (exact) mass is 162 g/mol. The van der Waals surface area contributed by atoms with Crippen molar-refractivity contribution in [1.29, 1.82) is 0 Å². The van der Waals surface area contributed by atoms with Gasteiger partial charge in [-0.15, -0.1) is 6.42 Å². The minimum atomic E-state index is 0.586. The highest BCUT2D eigenvalue weighted by Crippen LogP contribution is 2.09. The van der Waals surface area contributed by atoms with Crippen LogP contribution in [0, 0.1) is 12.3 Å². The molecule has 12 heavy (non-hydrogen) atoms. The summed E-state index contributed by atoms with van der Waals surface area (Å²) in [5.74, 6) is 2.60. The summed E-state index contributed by atoms with van der Waals surface area (Å²) < 4.78 is 1.90. The van der Waals surface area contributed by atoms with Gasteiger partial charge in [0.05, 0.1) is 6.20 Å². The second-order valence-corrected chi connectivity index (χ2v) is 2.69. The van der Waals surface area contributed by atoms with Crippen LogP contribution < -0.4 is 0 Å². The van der Waals surface area contributed by atoms with Crippen molar-refractivity contribution < 1.29 is 0 Å². The molecule has 2 nitrogen and oxygen atoms in total. The number of aromatic nitrogens is 2. The van der Waals surface area contributed by atoms with E-state index < -0.39 is 0 Å². The molecule has 0 radical (unpaired) electrons. The Morgan fingerprint density at radius 3 is 2.75 bits per heavy atom. The number of nitrogens with zero attached hydrogens (tertiary/aromatic N) is 2. The van der Waals surface area contributed by atoms with Gasteiger partial charge in [-0.3, -0.25) is 4.68 Å². The van der Waals surface area contributed by atoms with E-state index in [9.17, 15) is 0 Å². The Balaban J connectivity index is 2.98. The maximum atomic E-state index is 5.22. The van der Waals surface area contributed by atoms with Gasteiger partial charge in [-0.05, 0) is 18.4 Å². The number of hydrogen-bond donors (Lipinski definition) is 0. The molecule has 0 aliphatic heterocycles. The first-order valence-corrected chi connectivity index (χ1v) is 4.30. The maximum Gasteiger partial charge on any atom is 0.102 e. The van der Waals surface area contributed by atoms with Crippen LogP contribution in [-0.2, 0) is 19.4 Å². The molecule has 1 rings (SSSR count). The fraction of sp³-hybridized carbons (Fsp3) is 0.500. The van der Waals surface area contributed by atoms with E-state index in [2.05, 4.69) is 24.9 Å². The number of aryl methyl sites for hydroxylation is 1. The van der Waals surface area contributed by atoms with Crippen molar-refractivity contribution in [2.45, 2.75) is 33.2 Å². The van der Waals surface area contributed by atoms with Crippen molar-refractivity contribution in [2.75, 3.05) is 0 Å². The smallest absolute Gasteiger partial charge is 0.102 e. The van der Waals surface area contributed by atoms with Gasteiger partial charge in [0.15, 0.2) is 0 Å². The van der Waals surface area contributed by atoms with Crippen molar-refractivity contribution in [1.82, 2.24) is 9.78 Å². The first-order valence-electron chi connectivity index (χ1n) is 4.30. The van der Waals surface area contributed by atoms with Gasteiger partial charge >= 0.3 is 0 Å². The van der Waals surface area contributed by atoms with Crippen LogP contribution in [0.3, 0.4) is 0 Å². The largest absolute Gasteiger partial charge is 0.257 e. The average Bonchev–Trinajstić information content (AvgIpc) is 2.47. The Hall–Kier alpha value is -1.23. The summed E-state index contributed by atoms with van der Waals surface area (Å²) in [6.45, 7) is 4.85. The average molecular weight is 162 g/mol. The van der Waals surface area contributed by atoms with Gasteiger partial charge in [-0.2, -0.15) is 5.10 Å². The summed E-state index contributed by atoms with van der Waals surface area (Å²) in [7, 11) is 0. The summed E-state index contributed by atoms with van der Waals surface area (Å²) in [6, 6.07) is 0. The molecule has 0 atom stereocenters. The Kier molecular flexibility index (Phi) is 2.93. The molecule has 64 valence electrons. The molecule has 0 aromatic carbocycles. The van der Waals surface area contributed by atoms with Gasteiger partial charge in [0, 0.05) is 5.69 Å². The van der Waals surface area contributed by atoms with Crippen molar-refractivity contribution in [2.24, 2.45) is 0 Å². The summed E-state index contributed by atoms with van der Waals surface area (Å²) in [6.07, 6.45) is 9.18. The molecule has 0 spiro atoms. The summed E-state index contributed by atoms with van der Waals surface area (Å²) in [5, 5.41) is 4.22. The van der Waals surface area contributed by atoms with Crippen molar-refractivity contribution in [3.05, 3.63) is 17.5 Å². The standard InChI is InChI=1S/C10H14N2/c1-4-7-12-10(6-3)9(5-2)8-11-12/h1,8H,5-7H2,2-3H3. The molecule has 2 heteroatoms. The zero-order chi connectivity index (χ0) is 8.97. The molecule has 0 aliphatic rings. The van der Waals surface area contributed by atoms with Gasteiger partial charge in [0.2, 0.25) is 0 Å². The minimum Gasteiger partial charge on any atom is -0.257 e. The quantitative estimate of drug-likeness (QED) is 0.618. The van der Waals surface area contributed by atoms with Crippen LogP contribution in [0.5, 0.6) is 0 Å². The maximum absolute atomic E-state index is 5.22. The molecule has 0 fully saturated rings. The van der Waals surface area contributed by atoms with E-state index >= 15 is 0 Å². The van der Waals surface area contributed by atoms with Crippen LogP contribution in [0.2, 0.25) is 0 Å². The lowest BCUT2D eigenvalue weighted by atomic mass is 10.1. The van der Waals surface area contributed by atoms with Crippen molar-refractivity contribution >= 4 is 0 Å². The Morgan fingerprint density at radius 2 is 2.25 bits per heavy atom. The topological polar surface area (TPSA) is 17.8 Å². The lowest BCUT2D eigenvalue weighted by Crippen LogP contribution is -2.03. The number of hydrogen-bond acceptors (Lipinski definition) is 1. The van der Waals surface area contributed by atoms with Gasteiger partial charge < -0.3 is 0 Å². The van der Waals surface area contributed by atoms with Gasteiger partial charge in [-0.25, -0.2) is 0 Å². The predicted octanol–water partition coefficient (Wildman–Crippen LogP) is 1.64. The van der Waals surface area contributed by atoms with Crippen LogP contribution in [0.15, 0.2) is 6.20 Å². The SMILES string of the molecule is C#CCn1ncc(CC)c1CC. The molecular weight excluding hydrogens is 148 g/mol. The van der Waals surface area contributed by atoms with Crippen LogP contribution >= 0.6 is 0 Å². The zero-order valence-corrected chi connectivity index (χ0v) is 7.67. The lowest BCUT2D eigenvalue weighted by Gasteiger charge is -2.02. The molecule has 0 saturated heterocycles. The van der Waals surface area contributed by atoms with E-state index in [-0.39, 0.29) is 0 Å². The van der Waals surface area contributed by atoms with Crippen molar-refractivity contribution in [3.63, 3.8) is 0 Å².